The summed E-state index contributed by atoms with van der Waals surface area (Å²) >= 11 is 1.08. The van der Waals surface area contributed by atoms with Gasteiger partial charge >= 0.3 is 5.97 Å². The Morgan fingerprint density at radius 2 is 1.95 bits per heavy atom. The smallest absolute Gasteiger partial charge is 0.303 e. The fraction of sp³-hybridized carbons (Fsp3) is 0.429. The zero-order valence-electron chi connectivity index (χ0n) is 11.8. The molecule has 0 aromatic heterocycles. The molecule has 4 nitrogen and oxygen atoms in total. The fourth-order valence-electron chi connectivity index (χ4n) is 1.61. The van der Waals surface area contributed by atoms with E-state index in [4.69, 9.17) is 5.11 Å². The van der Waals surface area contributed by atoms with E-state index in [1.165, 1.54) is 6.07 Å². The van der Waals surface area contributed by atoms with Gasteiger partial charge in [0.15, 0.2) is 11.6 Å². The van der Waals surface area contributed by atoms with Crippen molar-refractivity contribution < 1.29 is 23.5 Å². The number of carboxylic acid groups (broad SMARTS) is 1. The number of carbonyl (C=O) groups is 2. The Bertz CT molecular complexity index is 535. The van der Waals surface area contributed by atoms with Crippen molar-refractivity contribution >= 4 is 23.6 Å². The molecular formula is C14H17F2NO3S. The molecule has 2 N–H and O–H groups in total. The van der Waals surface area contributed by atoms with E-state index < -0.39 is 23.1 Å². The monoisotopic (exact) mass is 317 g/mol. The van der Waals surface area contributed by atoms with Crippen molar-refractivity contribution in [1.82, 2.24) is 5.32 Å². The zero-order valence-corrected chi connectivity index (χ0v) is 12.6. The van der Waals surface area contributed by atoms with Crippen LogP contribution in [0.2, 0.25) is 0 Å². The number of amides is 1. The second kappa shape index (κ2) is 7.40. The van der Waals surface area contributed by atoms with Crippen LogP contribution in [0.15, 0.2) is 23.1 Å². The Morgan fingerprint density at radius 3 is 2.52 bits per heavy atom. The van der Waals surface area contributed by atoms with E-state index in [-0.39, 0.29) is 18.1 Å². The number of carboxylic acids is 1. The molecule has 1 aromatic carbocycles. The summed E-state index contributed by atoms with van der Waals surface area (Å²) < 4.78 is 25.8. The average Bonchev–Trinajstić information content (AvgIpc) is 2.37. The third-order valence-electron chi connectivity index (χ3n) is 2.70. The van der Waals surface area contributed by atoms with E-state index >= 15 is 0 Å². The molecular weight excluding hydrogens is 300 g/mol. The molecule has 0 saturated carbocycles. The number of carbonyl (C=O) groups excluding carboxylic acids is 1. The second-order valence-corrected chi connectivity index (χ2v) is 6.24. The highest BCUT2D eigenvalue weighted by Crippen LogP contribution is 2.20. The topological polar surface area (TPSA) is 66.4 Å². The van der Waals surface area contributed by atoms with Crippen molar-refractivity contribution in [2.45, 2.75) is 37.1 Å². The van der Waals surface area contributed by atoms with Gasteiger partial charge in [0, 0.05) is 16.9 Å². The lowest BCUT2D eigenvalue weighted by molar-refractivity contribution is -0.137. The van der Waals surface area contributed by atoms with Gasteiger partial charge in [-0.2, -0.15) is 0 Å². The molecule has 0 aliphatic heterocycles. The molecule has 0 aliphatic rings. The minimum absolute atomic E-state index is 0.0381. The number of hydrogen-bond acceptors (Lipinski definition) is 3. The van der Waals surface area contributed by atoms with Gasteiger partial charge in [-0.15, -0.1) is 11.8 Å². The highest BCUT2D eigenvalue weighted by atomic mass is 32.2. The van der Waals surface area contributed by atoms with Gasteiger partial charge in [-0.3, -0.25) is 9.59 Å². The predicted octanol–water partition coefficient (Wildman–Crippen LogP) is 2.82. The maximum absolute atomic E-state index is 13.0. The molecule has 0 spiro atoms. The molecule has 0 bridgehead atoms. The number of nitrogens with one attached hydrogen (secondary N) is 1. The van der Waals surface area contributed by atoms with E-state index in [1.807, 2.05) is 0 Å². The molecule has 1 amide bonds. The standard InChI is InChI=1S/C14H17F2NO3S/c1-14(2,6-5-13(19)20)17-12(18)8-21-9-3-4-10(15)11(16)7-9/h3-4,7H,5-6,8H2,1-2H3,(H,17,18)(H,19,20). The lowest BCUT2D eigenvalue weighted by atomic mass is 9.98. The minimum atomic E-state index is -0.956. The Hall–Kier alpha value is -1.63. The van der Waals surface area contributed by atoms with Gasteiger partial charge in [0.1, 0.15) is 0 Å². The number of thioether (sulfide) groups is 1. The van der Waals surface area contributed by atoms with Crippen LogP contribution in [0.4, 0.5) is 8.78 Å². The van der Waals surface area contributed by atoms with E-state index in [2.05, 4.69) is 5.32 Å². The maximum atomic E-state index is 13.0. The number of hydrogen-bond donors (Lipinski definition) is 2. The average molecular weight is 317 g/mol. The van der Waals surface area contributed by atoms with Gasteiger partial charge in [-0.05, 0) is 38.5 Å². The molecule has 0 aliphatic carbocycles. The summed E-state index contributed by atoms with van der Waals surface area (Å²) in [5.74, 6) is -3.06. The molecule has 1 rings (SSSR count). The molecule has 0 atom stereocenters. The van der Waals surface area contributed by atoms with Crippen molar-refractivity contribution in [3.8, 4) is 0 Å². The first-order valence-electron chi connectivity index (χ1n) is 6.30. The van der Waals surface area contributed by atoms with Crippen LogP contribution in [-0.2, 0) is 9.59 Å². The molecule has 0 fully saturated rings. The largest absolute Gasteiger partial charge is 0.481 e. The Labute approximate surface area is 125 Å². The first kappa shape index (κ1) is 17.4. The second-order valence-electron chi connectivity index (χ2n) is 5.19. The summed E-state index contributed by atoms with van der Waals surface area (Å²) in [5.41, 5.74) is -0.635. The molecule has 1 aromatic rings. The fourth-order valence-corrected chi connectivity index (χ4v) is 2.33. The molecule has 7 heteroatoms. The highest BCUT2D eigenvalue weighted by molar-refractivity contribution is 8.00. The lowest BCUT2D eigenvalue weighted by Gasteiger charge is -2.25. The van der Waals surface area contributed by atoms with Gasteiger partial charge in [-0.25, -0.2) is 8.78 Å². The van der Waals surface area contributed by atoms with Crippen molar-refractivity contribution in [2.24, 2.45) is 0 Å². The number of benzene rings is 1. The van der Waals surface area contributed by atoms with Gasteiger partial charge in [0.25, 0.3) is 0 Å². The van der Waals surface area contributed by atoms with Crippen LogP contribution < -0.4 is 5.32 Å². The van der Waals surface area contributed by atoms with Crippen molar-refractivity contribution in [2.75, 3.05) is 5.75 Å². The molecule has 0 heterocycles. The summed E-state index contributed by atoms with van der Waals surface area (Å²) in [5, 5.41) is 11.3. The van der Waals surface area contributed by atoms with Gasteiger partial charge in [0.2, 0.25) is 5.91 Å². The van der Waals surface area contributed by atoms with E-state index in [0.717, 1.165) is 23.9 Å². The normalized spacial score (nSPS) is 11.2. The minimum Gasteiger partial charge on any atom is -0.481 e. The first-order valence-corrected chi connectivity index (χ1v) is 7.29. The van der Waals surface area contributed by atoms with Crippen molar-refractivity contribution in [3.63, 3.8) is 0 Å². The quantitative estimate of drug-likeness (QED) is 0.759. The maximum Gasteiger partial charge on any atom is 0.303 e. The lowest BCUT2D eigenvalue weighted by Crippen LogP contribution is -2.44. The number of aliphatic carboxylic acids is 1. The van der Waals surface area contributed by atoms with Crippen LogP contribution in [0.1, 0.15) is 26.7 Å². The Morgan fingerprint density at radius 1 is 1.29 bits per heavy atom. The summed E-state index contributed by atoms with van der Waals surface area (Å²) in [6, 6.07) is 3.43. The van der Waals surface area contributed by atoms with Crippen molar-refractivity contribution in [1.29, 1.82) is 0 Å². The summed E-state index contributed by atoms with van der Waals surface area (Å²) in [7, 11) is 0. The molecule has 21 heavy (non-hydrogen) atoms. The Balaban J connectivity index is 2.46. The summed E-state index contributed by atoms with van der Waals surface area (Å²) in [4.78, 5) is 22.8. The van der Waals surface area contributed by atoms with Crippen LogP contribution in [0.3, 0.4) is 0 Å². The molecule has 116 valence electrons. The van der Waals surface area contributed by atoms with E-state index in [1.54, 1.807) is 13.8 Å². The summed E-state index contributed by atoms with van der Waals surface area (Å²) in [6.45, 7) is 3.46. The van der Waals surface area contributed by atoms with Crippen molar-refractivity contribution in [3.05, 3.63) is 29.8 Å². The SMILES string of the molecule is CC(C)(CCC(=O)O)NC(=O)CSc1ccc(F)c(F)c1. The van der Waals surface area contributed by atoms with Crippen LogP contribution >= 0.6 is 11.8 Å². The Kier molecular flexibility index (Phi) is 6.14. The van der Waals surface area contributed by atoms with Gasteiger partial charge < -0.3 is 10.4 Å². The van der Waals surface area contributed by atoms with Crippen LogP contribution in [0.25, 0.3) is 0 Å². The van der Waals surface area contributed by atoms with Crippen LogP contribution in [0.5, 0.6) is 0 Å². The number of halogens is 2. The third-order valence-corrected chi connectivity index (χ3v) is 3.70. The summed E-state index contributed by atoms with van der Waals surface area (Å²) in [6.07, 6.45) is 0.271. The van der Waals surface area contributed by atoms with E-state index in [0.29, 0.717) is 11.3 Å². The molecule has 0 saturated heterocycles. The predicted molar refractivity (Wildman–Crippen MR) is 76.2 cm³/mol. The number of rotatable bonds is 7. The van der Waals surface area contributed by atoms with Crippen LogP contribution in [0, 0.1) is 11.6 Å². The zero-order chi connectivity index (χ0) is 16.0. The third kappa shape index (κ3) is 6.57. The van der Waals surface area contributed by atoms with E-state index in [9.17, 15) is 18.4 Å². The molecule has 0 radical (unpaired) electrons. The van der Waals surface area contributed by atoms with Gasteiger partial charge in [0.05, 0.1) is 5.75 Å². The first-order chi connectivity index (χ1) is 9.69. The molecule has 0 unspecified atom stereocenters. The van der Waals surface area contributed by atoms with Crippen LogP contribution in [-0.4, -0.2) is 28.3 Å². The van der Waals surface area contributed by atoms with Gasteiger partial charge in [-0.1, -0.05) is 0 Å². The highest BCUT2D eigenvalue weighted by Gasteiger charge is 2.21.